The monoisotopic (exact) mass is 447 g/mol. The summed E-state index contributed by atoms with van der Waals surface area (Å²) < 4.78 is 1.77. The van der Waals surface area contributed by atoms with Gasteiger partial charge in [0.2, 0.25) is 17.8 Å². The first-order valence-electron chi connectivity index (χ1n) is 11.2. The molecule has 0 atom stereocenters. The molecule has 1 saturated heterocycles. The number of aromatic nitrogens is 4. The van der Waals surface area contributed by atoms with Crippen molar-refractivity contribution in [1.29, 1.82) is 0 Å². The van der Waals surface area contributed by atoms with Crippen LogP contribution >= 0.6 is 0 Å². The number of anilines is 2. The highest BCUT2D eigenvalue weighted by molar-refractivity contribution is 5.88. The van der Waals surface area contributed by atoms with Gasteiger partial charge in [0.15, 0.2) is 0 Å². The fraction of sp³-hybridized carbons (Fsp3) is 0.375. The number of aryl methyl sites for hydroxylation is 2. The lowest BCUT2D eigenvalue weighted by molar-refractivity contribution is -0.132. The molecular formula is C24H29N7O2. The van der Waals surface area contributed by atoms with Gasteiger partial charge in [-0.25, -0.2) is 9.97 Å². The predicted octanol–water partition coefficient (Wildman–Crippen LogP) is 2.65. The van der Waals surface area contributed by atoms with Gasteiger partial charge in [0, 0.05) is 67.5 Å². The fourth-order valence-corrected chi connectivity index (χ4v) is 4.00. The minimum atomic E-state index is -0.117. The van der Waals surface area contributed by atoms with Gasteiger partial charge in [-0.15, -0.1) is 0 Å². The molecule has 1 fully saturated rings. The highest BCUT2D eigenvalue weighted by Gasteiger charge is 2.23. The Morgan fingerprint density at radius 1 is 1.03 bits per heavy atom. The minimum Gasteiger partial charge on any atom is -0.367 e. The van der Waals surface area contributed by atoms with Crippen molar-refractivity contribution in [2.24, 2.45) is 0 Å². The van der Waals surface area contributed by atoms with Crippen molar-refractivity contribution in [1.82, 2.24) is 24.6 Å². The summed E-state index contributed by atoms with van der Waals surface area (Å²) in [5.41, 5.74) is 4.90. The topological polar surface area (TPSA) is 96.2 Å². The first-order chi connectivity index (χ1) is 15.9. The summed E-state index contributed by atoms with van der Waals surface area (Å²) in [7, 11) is 0. The second-order valence-corrected chi connectivity index (χ2v) is 8.17. The van der Waals surface area contributed by atoms with Crippen molar-refractivity contribution < 1.29 is 9.59 Å². The molecule has 9 heteroatoms. The number of hydrogen-bond acceptors (Lipinski definition) is 6. The van der Waals surface area contributed by atoms with E-state index in [-0.39, 0.29) is 18.4 Å². The zero-order valence-electron chi connectivity index (χ0n) is 19.3. The third-order valence-electron chi connectivity index (χ3n) is 5.80. The molecule has 0 saturated carbocycles. The molecule has 4 rings (SSSR count). The Hall–Kier alpha value is -3.75. The molecule has 1 aliphatic rings. The SMILES string of the molecule is CCC(=O)Nc1ncc(-c2ccccc2N2CCN(C(=O)Cn3nc(C)cc3C)CC2)cn1. The quantitative estimate of drug-likeness (QED) is 0.624. The number of amides is 2. The van der Waals surface area contributed by atoms with Gasteiger partial charge in [-0.3, -0.25) is 19.6 Å². The Kier molecular flexibility index (Phi) is 6.67. The molecule has 0 spiro atoms. The molecule has 172 valence electrons. The van der Waals surface area contributed by atoms with Crippen LogP contribution in [0.2, 0.25) is 0 Å². The van der Waals surface area contributed by atoms with Crippen molar-refractivity contribution in [3.63, 3.8) is 0 Å². The predicted molar refractivity (Wildman–Crippen MR) is 127 cm³/mol. The molecule has 0 radical (unpaired) electrons. The summed E-state index contributed by atoms with van der Waals surface area (Å²) in [6.45, 7) is 8.76. The van der Waals surface area contributed by atoms with Gasteiger partial charge in [0.05, 0.1) is 5.69 Å². The molecule has 1 N–H and O–H groups in total. The van der Waals surface area contributed by atoms with Gasteiger partial charge in [-0.1, -0.05) is 25.1 Å². The molecule has 2 amide bonds. The number of nitrogens with zero attached hydrogens (tertiary/aromatic N) is 6. The van der Waals surface area contributed by atoms with Gasteiger partial charge < -0.3 is 9.80 Å². The van der Waals surface area contributed by atoms with Crippen LogP contribution < -0.4 is 10.2 Å². The maximum atomic E-state index is 12.8. The number of carbonyl (C=O) groups excluding carboxylic acids is 2. The van der Waals surface area contributed by atoms with E-state index in [0.717, 1.165) is 41.3 Å². The number of piperazine rings is 1. The summed E-state index contributed by atoms with van der Waals surface area (Å²) in [4.78, 5) is 37.1. The van der Waals surface area contributed by atoms with E-state index in [1.807, 2.05) is 43.0 Å². The fourth-order valence-electron chi connectivity index (χ4n) is 4.00. The van der Waals surface area contributed by atoms with E-state index in [2.05, 4.69) is 31.3 Å². The zero-order chi connectivity index (χ0) is 23.4. The lowest BCUT2D eigenvalue weighted by Crippen LogP contribution is -2.49. The van der Waals surface area contributed by atoms with E-state index in [0.29, 0.717) is 25.5 Å². The molecule has 9 nitrogen and oxygen atoms in total. The number of carbonyl (C=O) groups is 2. The van der Waals surface area contributed by atoms with Crippen LogP contribution in [0.25, 0.3) is 11.1 Å². The molecule has 0 bridgehead atoms. The van der Waals surface area contributed by atoms with Crippen molar-refractivity contribution in [2.45, 2.75) is 33.7 Å². The molecular weight excluding hydrogens is 418 g/mol. The number of rotatable bonds is 6. The smallest absolute Gasteiger partial charge is 0.244 e. The number of hydrogen-bond donors (Lipinski definition) is 1. The maximum absolute atomic E-state index is 12.8. The third kappa shape index (κ3) is 5.19. The van der Waals surface area contributed by atoms with Crippen LogP contribution in [-0.2, 0) is 16.1 Å². The van der Waals surface area contributed by atoms with E-state index in [9.17, 15) is 9.59 Å². The van der Waals surface area contributed by atoms with Gasteiger partial charge in [-0.05, 0) is 26.0 Å². The highest BCUT2D eigenvalue weighted by atomic mass is 16.2. The second kappa shape index (κ2) is 9.81. The standard InChI is InChI=1S/C24H29N7O2/c1-4-22(32)27-24-25-14-19(15-26-24)20-7-5-6-8-21(20)29-9-11-30(12-10-29)23(33)16-31-18(3)13-17(2)28-31/h5-8,13-15H,4,9-12,16H2,1-3H3,(H,25,26,27,32). The minimum absolute atomic E-state index is 0.0900. The van der Waals surface area contributed by atoms with Crippen LogP contribution in [0.1, 0.15) is 24.7 Å². The van der Waals surface area contributed by atoms with Crippen LogP contribution in [-0.4, -0.2) is 62.6 Å². The Morgan fingerprint density at radius 3 is 2.36 bits per heavy atom. The van der Waals surface area contributed by atoms with Crippen LogP contribution in [0.3, 0.4) is 0 Å². The molecule has 2 aromatic heterocycles. The van der Waals surface area contributed by atoms with Crippen LogP contribution in [0.4, 0.5) is 11.6 Å². The first-order valence-corrected chi connectivity index (χ1v) is 11.2. The molecule has 3 heterocycles. The summed E-state index contributed by atoms with van der Waals surface area (Å²) in [6, 6.07) is 10.1. The molecule has 1 aliphatic heterocycles. The van der Waals surface area contributed by atoms with E-state index >= 15 is 0 Å². The van der Waals surface area contributed by atoms with Crippen molar-refractivity contribution >= 4 is 23.5 Å². The van der Waals surface area contributed by atoms with Gasteiger partial charge >= 0.3 is 0 Å². The molecule has 3 aromatic rings. The largest absolute Gasteiger partial charge is 0.367 e. The van der Waals surface area contributed by atoms with Crippen molar-refractivity contribution in [2.75, 3.05) is 36.4 Å². The lowest BCUT2D eigenvalue weighted by atomic mass is 10.1. The number of nitrogens with one attached hydrogen (secondary N) is 1. The third-order valence-corrected chi connectivity index (χ3v) is 5.80. The van der Waals surface area contributed by atoms with Crippen LogP contribution in [0.5, 0.6) is 0 Å². The Balaban J connectivity index is 1.42. The zero-order valence-corrected chi connectivity index (χ0v) is 19.3. The number of para-hydroxylation sites is 1. The summed E-state index contributed by atoms with van der Waals surface area (Å²) in [5.74, 6) is 0.276. The van der Waals surface area contributed by atoms with Gasteiger partial charge in [0.25, 0.3) is 0 Å². The van der Waals surface area contributed by atoms with E-state index in [1.165, 1.54) is 0 Å². The Morgan fingerprint density at radius 2 is 1.73 bits per heavy atom. The lowest BCUT2D eigenvalue weighted by Gasteiger charge is -2.37. The Labute approximate surface area is 193 Å². The molecule has 0 aliphatic carbocycles. The molecule has 0 unspecified atom stereocenters. The first kappa shape index (κ1) is 22.4. The molecule has 33 heavy (non-hydrogen) atoms. The Bertz CT molecular complexity index is 1130. The summed E-state index contributed by atoms with van der Waals surface area (Å²) in [6.07, 6.45) is 3.83. The average Bonchev–Trinajstić information content (AvgIpc) is 3.15. The van der Waals surface area contributed by atoms with Crippen molar-refractivity contribution in [3.8, 4) is 11.1 Å². The highest BCUT2D eigenvalue weighted by Crippen LogP contribution is 2.31. The molecule has 1 aromatic carbocycles. The second-order valence-electron chi connectivity index (χ2n) is 8.17. The van der Waals surface area contributed by atoms with E-state index in [1.54, 1.807) is 24.0 Å². The normalized spacial score (nSPS) is 13.8. The van der Waals surface area contributed by atoms with E-state index < -0.39 is 0 Å². The van der Waals surface area contributed by atoms with Crippen LogP contribution in [0.15, 0.2) is 42.7 Å². The number of benzene rings is 1. The van der Waals surface area contributed by atoms with E-state index in [4.69, 9.17) is 0 Å². The summed E-state index contributed by atoms with van der Waals surface area (Å²) in [5, 5.41) is 7.07. The van der Waals surface area contributed by atoms with Crippen molar-refractivity contribution in [3.05, 3.63) is 54.1 Å². The average molecular weight is 448 g/mol. The van der Waals surface area contributed by atoms with Crippen LogP contribution in [0, 0.1) is 13.8 Å². The van der Waals surface area contributed by atoms with Gasteiger partial charge in [-0.2, -0.15) is 5.10 Å². The maximum Gasteiger partial charge on any atom is 0.244 e. The summed E-state index contributed by atoms with van der Waals surface area (Å²) >= 11 is 0. The van der Waals surface area contributed by atoms with Gasteiger partial charge in [0.1, 0.15) is 6.54 Å².